The molecule has 0 N–H and O–H groups in total. The first-order valence-electron chi connectivity index (χ1n) is 5.54. The molecule has 0 saturated carbocycles. The number of hydrogen-bond acceptors (Lipinski definition) is 5. The third-order valence-corrected chi connectivity index (χ3v) is 2.68. The van der Waals surface area contributed by atoms with E-state index < -0.39 is 17.9 Å². The molecule has 5 heteroatoms. The van der Waals surface area contributed by atoms with Gasteiger partial charge in [-0.05, 0) is 17.7 Å². The molecule has 0 fully saturated rings. The lowest BCUT2D eigenvalue weighted by Crippen LogP contribution is -2.21. The summed E-state index contributed by atoms with van der Waals surface area (Å²) in [6.07, 6.45) is 0. The van der Waals surface area contributed by atoms with Crippen molar-refractivity contribution in [3.8, 4) is 5.75 Å². The fourth-order valence-corrected chi connectivity index (χ4v) is 1.64. The van der Waals surface area contributed by atoms with Gasteiger partial charge in [0.2, 0.25) is 0 Å². The van der Waals surface area contributed by atoms with Crippen LogP contribution in [-0.4, -0.2) is 33.3 Å². The molecule has 1 aromatic rings. The topological polar surface area (TPSA) is 61.8 Å². The zero-order chi connectivity index (χ0) is 14.4. The molecule has 0 aliphatic carbocycles. The molecule has 0 aliphatic rings. The molecule has 0 bridgehead atoms. The lowest BCUT2D eigenvalue weighted by molar-refractivity contribution is -0.144. The molecule has 1 rings (SSSR count). The van der Waals surface area contributed by atoms with Gasteiger partial charge in [0.25, 0.3) is 0 Å². The van der Waals surface area contributed by atoms with Gasteiger partial charge in [-0.1, -0.05) is 18.7 Å². The van der Waals surface area contributed by atoms with Crippen LogP contribution in [0.3, 0.4) is 0 Å². The van der Waals surface area contributed by atoms with Gasteiger partial charge in [-0.2, -0.15) is 0 Å². The van der Waals surface area contributed by atoms with Gasteiger partial charge in [0.05, 0.1) is 21.3 Å². The van der Waals surface area contributed by atoms with E-state index in [2.05, 4.69) is 11.3 Å². The van der Waals surface area contributed by atoms with E-state index in [1.807, 2.05) is 0 Å². The predicted molar refractivity (Wildman–Crippen MR) is 68.9 cm³/mol. The second kappa shape index (κ2) is 6.58. The van der Waals surface area contributed by atoms with E-state index in [1.165, 1.54) is 14.2 Å². The van der Waals surface area contributed by atoms with Crippen molar-refractivity contribution in [3.63, 3.8) is 0 Å². The smallest absolute Gasteiger partial charge is 0.334 e. The van der Waals surface area contributed by atoms with Crippen molar-refractivity contribution in [1.82, 2.24) is 0 Å². The second-order valence-corrected chi connectivity index (χ2v) is 3.75. The summed E-state index contributed by atoms with van der Waals surface area (Å²) in [5, 5.41) is 0. The fourth-order valence-electron chi connectivity index (χ4n) is 1.64. The molecule has 1 aromatic carbocycles. The van der Waals surface area contributed by atoms with Crippen LogP contribution < -0.4 is 4.74 Å². The Balaban J connectivity index is 3.12. The number of methoxy groups -OCH3 is 3. The molecular formula is C14H16O5. The van der Waals surface area contributed by atoms with E-state index in [4.69, 9.17) is 9.47 Å². The highest BCUT2D eigenvalue weighted by Crippen LogP contribution is 2.27. The Kier molecular flexibility index (Phi) is 5.11. The molecular weight excluding hydrogens is 248 g/mol. The zero-order valence-corrected chi connectivity index (χ0v) is 11.1. The molecule has 5 nitrogen and oxygen atoms in total. The van der Waals surface area contributed by atoms with Crippen LogP contribution in [0.4, 0.5) is 0 Å². The van der Waals surface area contributed by atoms with Crippen molar-refractivity contribution >= 4 is 11.9 Å². The number of carbonyl (C=O) groups is 2. The Morgan fingerprint density at radius 3 is 2.05 bits per heavy atom. The standard InChI is InChI=1S/C14H16O5/c1-9(13(15)18-3)12(14(16)19-4)10-5-7-11(17-2)8-6-10/h5-8,12H,1H2,2-4H3. The van der Waals surface area contributed by atoms with Crippen molar-refractivity contribution in [3.05, 3.63) is 42.0 Å². The molecule has 0 spiro atoms. The van der Waals surface area contributed by atoms with Crippen molar-refractivity contribution in [2.75, 3.05) is 21.3 Å². The number of benzene rings is 1. The number of esters is 2. The minimum absolute atomic E-state index is 0.0273. The molecule has 1 unspecified atom stereocenters. The maximum atomic E-state index is 11.8. The largest absolute Gasteiger partial charge is 0.497 e. The SMILES string of the molecule is C=C(C(=O)OC)C(C(=O)OC)c1ccc(OC)cc1. The maximum absolute atomic E-state index is 11.8. The van der Waals surface area contributed by atoms with Crippen LogP contribution in [0.2, 0.25) is 0 Å². The van der Waals surface area contributed by atoms with Crippen LogP contribution in [0.15, 0.2) is 36.4 Å². The van der Waals surface area contributed by atoms with Gasteiger partial charge in [0, 0.05) is 5.57 Å². The Bertz CT molecular complexity index is 475. The van der Waals surface area contributed by atoms with Crippen LogP contribution in [0, 0.1) is 0 Å². The molecule has 1 atom stereocenters. The van der Waals surface area contributed by atoms with Crippen LogP contribution in [0.1, 0.15) is 11.5 Å². The van der Waals surface area contributed by atoms with E-state index in [0.29, 0.717) is 11.3 Å². The summed E-state index contributed by atoms with van der Waals surface area (Å²) in [6.45, 7) is 3.61. The Hall–Kier alpha value is -2.30. The molecule has 19 heavy (non-hydrogen) atoms. The Morgan fingerprint density at radius 1 is 1.05 bits per heavy atom. The van der Waals surface area contributed by atoms with Crippen molar-refractivity contribution in [2.45, 2.75) is 5.92 Å². The highest BCUT2D eigenvalue weighted by atomic mass is 16.5. The Labute approximate surface area is 111 Å². The predicted octanol–water partition coefficient (Wildman–Crippen LogP) is 1.68. The van der Waals surface area contributed by atoms with Crippen LogP contribution in [0.25, 0.3) is 0 Å². The van der Waals surface area contributed by atoms with Crippen LogP contribution in [-0.2, 0) is 19.1 Å². The van der Waals surface area contributed by atoms with E-state index >= 15 is 0 Å². The summed E-state index contributed by atoms with van der Waals surface area (Å²) in [5.41, 5.74) is 0.613. The molecule has 0 amide bonds. The third-order valence-electron chi connectivity index (χ3n) is 2.68. The lowest BCUT2D eigenvalue weighted by Gasteiger charge is -2.16. The molecule has 0 saturated heterocycles. The highest BCUT2D eigenvalue weighted by molar-refractivity contribution is 5.98. The maximum Gasteiger partial charge on any atom is 0.334 e. The normalized spacial score (nSPS) is 11.3. The average Bonchev–Trinajstić information content (AvgIpc) is 2.46. The van der Waals surface area contributed by atoms with Gasteiger partial charge in [-0.15, -0.1) is 0 Å². The fraction of sp³-hybridized carbons (Fsp3) is 0.286. The van der Waals surface area contributed by atoms with E-state index in [1.54, 1.807) is 31.4 Å². The minimum atomic E-state index is -0.886. The zero-order valence-electron chi connectivity index (χ0n) is 11.1. The van der Waals surface area contributed by atoms with Gasteiger partial charge in [0.15, 0.2) is 0 Å². The number of ether oxygens (including phenoxy) is 3. The van der Waals surface area contributed by atoms with Gasteiger partial charge < -0.3 is 14.2 Å². The highest BCUT2D eigenvalue weighted by Gasteiger charge is 2.29. The number of rotatable bonds is 5. The summed E-state index contributed by atoms with van der Waals surface area (Å²) in [6, 6.07) is 6.73. The average molecular weight is 264 g/mol. The lowest BCUT2D eigenvalue weighted by atomic mass is 9.92. The number of carbonyl (C=O) groups excluding carboxylic acids is 2. The van der Waals surface area contributed by atoms with E-state index in [0.717, 1.165) is 0 Å². The summed E-state index contributed by atoms with van der Waals surface area (Å²) in [5.74, 6) is -1.45. The van der Waals surface area contributed by atoms with Crippen LogP contribution in [0.5, 0.6) is 5.75 Å². The van der Waals surface area contributed by atoms with Gasteiger partial charge in [-0.25, -0.2) is 4.79 Å². The summed E-state index contributed by atoms with van der Waals surface area (Å²) in [4.78, 5) is 23.3. The first kappa shape index (κ1) is 14.8. The quantitative estimate of drug-likeness (QED) is 0.598. The van der Waals surface area contributed by atoms with Gasteiger partial charge >= 0.3 is 11.9 Å². The summed E-state index contributed by atoms with van der Waals surface area (Å²) < 4.78 is 14.3. The second-order valence-electron chi connectivity index (χ2n) is 3.75. The van der Waals surface area contributed by atoms with Gasteiger partial charge in [0.1, 0.15) is 11.7 Å². The molecule has 0 radical (unpaired) electrons. The van der Waals surface area contributed by atoms with Gasteiger partial charge in [-0.3, -0.25) is 4.79 Å². The summed E-state index contributed by atoms with van der Waals surface area (Å²) >= 11 is 0. The minimum Gasteiger partial charge on any atom is -0.497 e. The Morgan fingerprint density at radius 2 is 1.63 bits per heavy atom. The molecule has 0 heterocycles. The van der Waals surface area contributed by atoms with Crippen molar-refractivity contribution < 1.29 is 23.8 Å². The van der Waals surface area contributed by atoms with E-state index in [9.17, 15) is 9.59 Å². The molecule has 0 aliphatic heterocycles. The van der Waals surface area contributed by atoms with Crippen molar-refractivity contribution in [2.24, 2.45) is 0 Å². The third kappa shape index (κ3) is 3.34. The number of hydrogen-bond donors (Lipinski definition) is 0. The summed E-state index contributed by atoms with van der Waals surface area (Å²) in [7, 11) is 4.03. The van der Waals surface area contributed by atoms with E-state index in [-0.39, 0.29) is 5.57 Å². The monoisotopic (exact) mass is 264 g/mol. The van der Waals surface area contributed by atoms with Crippen molar-refractivity contribution in [1.29, 1.82) is 0 Å². The first-order chi connectivity index (χ1) is 9.04. The molecule has 0 aromatic heterocycles. The van der Waals surface area contributed by atoms with Crippen LogP contribution >= 0.6 is 0 Å². The molecule has 102 valence electrons. The first-order valence-corrected chi connectivity index (χ1v) is 5.54.